The second-order valence-corrected chi connectivity index (χ2v) is 8.38. The van der Waals surface area contributed by atoms with Gasteiger partial charge in [0.25, 0.3) is 0 Å². The van der Waals surface area contributed by atoms with Crippen molar-refractivity contribution >= 4 is 12.0 Å². The number of rotatable bonds is 3. The van der Waals surface area contributed by atoms with Crippen molar-refractivity contribution in [1.29, 1.82) is 0 Å². The fourth-order valence-corrected chi connectivity index (χ4v) is 3.72. The summed E-state index contributed by atoms with van der Waals surface area (Å²) in [5.41, 5.74) is -0.447. The van der Waals surface area contributed by atoms with Crippen LogP contribution in [-0.4, -0.2) is 69.7 Å². The number of nitrogens with one attached hydrogen (secondary N) is 1. The quantitative estimate of drug-likeness (QED) is 0.871. The minimum absolute atomic E-state index is 0.205. The SMILES string of the molecule is CC(C)(C)OC(=O)N1CCC(N2CCC(Nc3ncc(F)cn3)CC2)CC1. The highest BCUT2D eigenvalue weighted by molar-refractivity contribution is 5.68. The van der Waals surface area contributed by atoms with E-state index in [4.69, 9.17) is 4.74 Å². The first-order valence-corrected chi connectivity index (χ1v) is 9.76. The summed E-state index contributed by atoms with van der Waals surface area (Å²) < 4.78 is 18.4. The van der Waals surface area contributed by atoms with Crippen molar-refractivity contribution < 1.29 is 13.9 Å². The molecule has 3 rings (SSSR count). The maximum Gasteiger partial charge on any atom is 0.410 e. The highest BCUT2D eigenvalue weighted by atomic mass is 19.1. The Morgan fingerprint density at radius 2 is 1.70 bits per heavy atom. The number of hydrogen-bond donors (Lipinski definition) is 1. The van der Waals surface area contributed by atoms with Crippen LogP contribution in [0.1, 0.15) is 46.5 Å². The smallest absolute Gasteiger partial charge is 0.410 e. The Hall–Kier alpha value is -1.96. The highest BCUT2D eigenvalue weighted by Gasteiger charge is 2.31. The van der Waals surface area contributed by atoms with Crippen LogP contribution in [0.5, 0.6) is 0 Å². The number of aromatic nitrogens is 2. The third kappa shape index (κ3) is 5.76. The molecule has 1 aromatic heterocycles. The van der Waals surface area contributed by atoms with Crippen molar-refractivity contribution in [2.75, 3.05) is 31.5 Å². The van der Waals surface area contributed by atoms with E-state index in [0.29, 0.717) is 18.0 Å². The third-order valence-corrected chi connectivity index (χ3v) is 5.12. The van der Waals surface area contributed by atoms with Crippen molar-refractivity contribution in [2.24, 2.45) is 0 Å². The molecule has 7 nitrogen and oxygen atoms in total. The third-order valence-electron chi connectivity index (χ3n) is 5.12. The molecule has 2 saturated heterocycles. The molecule has 0 bridgehead atoms. The Balaban J connectivity index is 1.40. The number of nitrogens with zero attached hydrogens (tertiary/aromatic N) is 4. The fraction of sp³-hybridized carbons (Fsp3) is 0.737. The molecule has 0 radical (unpaired) electrons. The molecule has 3 heterocycles. The van der Waals surface area contributed by atoms with Gasteiger partial charge in [0.05, 0.1) is 12.4 Å². The molecule has 0 unspecified atom stereocenters. The van der Waals surface area contributed by atoms with E-state index in [9.17, 15) is 9.18 Å². The van der Waals surface area contributed by atoms with E-state index in [-0.39, 0.29) is 6.09 Å². The summed E-state index contributed by atoms with van der Waals surface area (Å²) in [5.74, 6) is 0.0635. The molecule has 150 valence electrons. The Kier molecular flexibility index (Phi) is 6.14. The Labute approximate surface area is 160 Å². The molecule has 1 aromatic rings. The molecule has 2 aliphatic heterocycles. The van der Waals surface area contributed by atoms with Crippen molar-refractivity contribution in [3.63, 3.8) is 0 Å². The molecule has 0 saturated carbocycles. The lowest BCUT2D eigenvalue weighted by molar-refractivity contribution is 0.0129. The van der Waals surface area contributed by atoms with Crippen LogP contribution in [0.2, 0.25) is 0 Å². The molecule has 2 fully saturated rings. The molecular weight excluding hydrogens is 349 g/mol. The van der Waals surface area contributed by atoms with Gasteiger partial charge in [0.15, 0.2) is 5.82 Å². The van der Waals surface area contributed by atoms with E-state index in [1.807, 2.05) is 25.7 Å². The van der Waals surface area contributed by atoms with Crippen molar-refractivity contribution in [1.82, 2.24) is 19.8 Å². The molecule has 27 heavy (non-hydrogen) atoms. The first-order chi connectivity index (χ1) is 12.8. The van der Waals surface area contributed by atoms with Gasteiger partial charge in [-0.3, -0.25) is 0 Å². The summed E-state index contributed by atoms with van der Waals surface area (Å²) in [7, 11) is 0. The number of carbonyl (C=O) groups excluding carboxylic acids is 1. The number of anilines is 1. The van der Waals surface area contributed by atoms with Crippen LogP contribution in [0.15, 0.2) is 12.4 Å². The van der Waals surface area contributed by atoms with Gasteiger partial charge in [-0.1, -0.05) is 0 Å². The molecule has 0 aromatic carbocycles. The topological polar surface area (TPSA) is 70.6 Å². The first kappa shape index (κ1) is 19.8. The maximum atomic E-state index is 12.9. The molecule has 1 N–H and O–H groups in total. The lowest BCUT2D eigenvalue weighted by atomic mass is 9.98. The zero-order chi connectivity index (χ0) is 19.4. The Morgan fingerprint density at radius 3 is 2.26 bits per heavy atom. The predicted molar refractivity (Wildman–Crippen MR) is 101 cm³/mol. The summed E-state index contributed by atoms with van der Waals surface area (Å²) in [5, 5.41) is 3.29. The van der Waals surface area contributed by atoms with Gasteiger partial charge in [0, 0.05) is 38.3 Å². The van der Waals surface area contributed by atoms with Crippen LogP contribution in [0.25, 0.3) is 0 Å². The standard InChI is InChI=1S/C19H30FN5O2/c1-19(2,3)27-18(26)25-10-6-16(7-11-25)24-8-4-15(5-9-24)23-17-21-12-14(20)13-22-17/h12-13,15-16H,4-11H2,1-3H3,(H,21,22,23). The second-order valence-electron chi connectivity index (χ2n) is 8.38. The summed E-state index contributed by atoms with van der Waals surface area (Å²) in [6, 6.07) is 0.834. The van der Waals surface area contributed by atoms with E-state index in [0.717, 1.165) is 51.9 Å². The number of amides is 1. The van der Waals surface area contributed by atoms with Gasteiger partial charge in [0.2, 0.25) is 5.95 Å². The predicted octanol–water partition coefficient (Wildman–Crippen LogP) is 2.89. The van der Waals surface area contributed by atoms with Gasteiger partial charge in [-0.25, -0.2) is 19.2 Å². The molecule has 8 heteroatoms. The molecule has 0 atom stereocenters. The lowest BCUT2D eigenvalue weighted by Gasteiger charge is -2.42. The zero-order valence-electron chi connectivity index (χ0n) is 16.4. The summed E-state index contributed by atoms with van der Waals surface area (Å²) in [6.45, 7) is 9.21. The maximum absolute atomic E-state index is 12.9. The van der Waals surface area contributed by atoms with E-state index < -0.39 is 11.4 Å². The minimum Gasteiger partial charge on any atom is -0.444 e. The van der Waals surface area contributed by atoms with Crippen molar-refractivity contribution in [2.45, 2.75) is 64.1 Å². The van der Waals surface area contributed by atoms with Crippen LogP contribution >= 0.6 is 0 Å². The van der Waals surface area contributed by atoms with Crippen LogP contribution in [0.4, 0.5) is 15.1 Å². The van der Waals surface area contributed by atoms with E-state index in [1.165, 1.54) is 12.4 Å². The number of ether oxygens (including phenoxy) is 1. The van der Waals surface area contributed by atoms with Crippen LogP contribution in [0, 0.1) is 5.82 Å². The monoisotopic (exact) mass is 379 g/mol. The van der Waals surface area contributed by atoms with Crippen LogP contribution < -0.4 is 5.32 Å². The largest absolute Gasteiger partial charge is 0.444 e. The Morgan fingerprint density at radius 1 is 1.11 bits per heavy atom. The second kappa shape index (κ2) is 8.37. The normalized spacial score (nSPS) is 20.5. The van der Waals surface area contributed by atoms with Gasteiger partial charge in [-0.2, -0.15) is 0 Å². The van der Waals surface area contributed by atoms with Crippen LogP contribution in [0.3, 0.4) is 0 Å². The average Bonchev–Trinajstić information content (AvgIpc) is 2.63. The summed E-state index contributed by atoms with van der Waals surface area (Å²) in [4.78, 5) is 24.5. The van der Waals surface area contributed by atoms with Gasteiger partial charge >= 0.3 is 6.09 Å². The van der Waals surface area contributed by atoms with Crippen molar-refractivity contribution in [3.8, 4) is 0 Å². The molecule has 0 spiro atoms. The van der Waals surface area contributed by atoms with Gasteiger partial charge in [-0.15, -0.1) is 0 Å². The molecule has 2 aliphatic rings. The van der Waals surface area contributed by atoms with E-state index >= 15 is 0 Å². The van der Waals surface area contributed by atoms with Gasteiger partial charge in [-0.05, 0) is 46.5 Å². The number of carbonyl (C=O) groups is 1. The van der Waals surface area contributed by atoms with Crippen molar-refractivity contribution in [3.05, 3.63) is 18.2 Å². The number of likely N-dealkylation sites (tertiary alicyclic amines) is 2. The zero-order valence-corrected chi connectivity index (χ0v) is 16.4. The average molecular weight is 379 g/mol. The summed E-state index contributed by atoms with van der Waals surface area (Å²) in [6.07, 6.45) is 6.14. The number of halogens is 1. The molecular formula is C19H30FN5O2. The first-order valence-electron chi connectivity index (χ1n) is 9.76. The van der Waals surface area contributed by atoms with E-state index in [1.54, 1.807) is 0 Å². The van der Waals surface area contributed by atoms with Gasteiger partial charge < -0.3 is 19.9 Å². The lowest BCUT2D eigenvalue weighted by Crippen LogP contribution is -2.51. The highest BCUT2D eigenvalue weighted by Crippen LogP contribution is 2.23. The Bertz CT molecular complexity index is 618. The van der Waals surface area contributed by atoms with Gasteiger partial charge in [0.1, 0.15) is 5.60 Å². The number of piperidine rings is 2. The molecule has 1 amide bonds. The molecule has 0 aliphatic carbocycles. The van der Waals surface area contributed by atoms with Crippen LogP contribution in [-0.2, 0) is 4.74 Å². The number of hydrogen-bond acceptors (Lipinski definition) is 6. The summed E-state index contributed by atoms with van der Waals surface area (Å²) >= 11 is 0. The fourth-order valence-electron chi connectivity index (χ4n) is 3.72. The van der Waals surface area contributed by atoms with E-state index in [2.05, 4.69) is 20.2 Å². The minimum atomic E-state index is -0.447.